The fourth-order valence-corrected chi connectivity index (χ4v) is 3.03. The Bertz CT molecular complexity index is 349. The van der Waals surface area contributed by atoms with Gasteiger partial charge >= 0.3 is 0 Å². The van der Waals surface area contributed by atoms with Gasteiger partial charge in [0, 0.05) is 17.9 Å². The lowest BCUT2D eigenvalue weighted by atomic mass is 10.1. The van der Waals surface area contributed by atoms with Crippen LogP contribution in [0.1, 0.15) is 24.8 Å². The molecule has 0 unspecified atom stereocenters. The zero-order valence-corrected chi connectivity index (χ0v) is 9.59. The van der Waals surface area contributed by atoms with Crippen LogP contribution in [0.3, 0.4) is 0 Å². The molecule has 1 aromatic rings. The Morgan fingerprint density at radius 3 is 2.60 bits per heavy atom. The van der Waals surface area contributed by atoms with Crippen LogP contribution in [-0.4, -0.2) is 5.75 Å². The van der Waals surface area contributed by atoms with Gasteiger partial charge in [-0.25, -0.2) is 0 Å². The van der Waals surface area contributed by atoms with Crippen molar-refractivity contribution in [1.29, 1.82) is 5.26 Å². The van der Waals surface area contributed by atoms with E-state index >= 15 is 0 Å². The maximum Gasteiger partial charge on any atom is 0.0627 e. The maximum atomic E-state index is 8.70. The lowest BCUT2D eigenvalue weighted by Gasteiger charge is -2.09. The predicted molar refractivity (Wildman–Crippen MR) is 64.5 cm³/mol. The fraction of sp³-hybridized carbons (Fsp3) is 0.462. The van der Waals surface area contributed by atoms with Gasteiger partial charge in [-0.15, -0.1) is 0 Å². The van der Waals surface area contributed by atoms with Crippen LogP contribution in [-0.2, 0) is 5.75 Å². The van der Waals surface area contributed by atoms with Crippen LogP contribution >= 0.6 is 11.8 Å². The van der Waals surface area contributed by atoms with Crippen molar-refractivity contribution < 1.29 is 0 Å². The van der Waals surface area contributed by atoms with Crippen LogP contribution in [0.25, 0.3) is 0 Å². The first-order chi connectivity index (χ1) is 7.35. The van der Waals surface area contributed by atoms with Crippen molar-refractivity contribution in [2.45, 2.75) is 25.0 Å². The van der Waals surface area contributed by atoms with Gasteiger partial charge in [-0.1, -0.05) is 30.3 Å². The minimum absolute atomic E-state index is 0.383. The molecular formula is C13H15NS. The van der Waals surface area contributed by atoms with Gasteiger partial charge in [-0.3, -0.25) is 0 Å². The monoisotopic (exact) mass is 217 g/mol. The highest BCUT2D eigenvalue weighted by Gasteiger charge is 2.41. The molecule has 1 saturated carbocycles. The third-order valence-corrected chi connectivity index (χ3v) is 4.28. The van der Waals surface area contributed by atoms with Crippen LogP contribution in [0.4, 0.5) is 0 Å². The third-order valence-electron chi connectivity index (χ3n) is 2.93. The van der Waals surface area contributed by atoms with Crippen molar-refractivity contribution >= 4 is 11.8 Å². The minimum atomic E-state index is 0.383. The molecule has 1 nitrogen and oxygen atoms in total. The molecule has 2 rings (SSSR count). The van der Waals surface area contributed by atoms with Crippen molar-refractivity contribution in [3.05, 3.63) is 35.9 Å². The van der Waals surface area contributed by atoms with Gasteiger partial charge in [0.2, 0.25) is 0 Å². The van der Waals surface area contributed by atoms with Gasteiger partial charge in [-0.05, 0) is 23.8 Å². The first-order valence-electron chi connectivity index (χ1n) is 5.33. The van der Waals surface area contributed by atoms with Gasteiger partial charge in [0.05, 0.1) is 6.07 Å². The topological polar surface area (TPSA) is 23.8 Å². The average Bonchev–Trinajstić information content (AvgIpc) is 3.00. The molecular weight excluding hydrogens is 202 g/mol. The van der Waals surface area contributed by atoms with Crippen molar-refractivity contribution in [2.24, 2.45) is 5.41 Å². The fourth-order valence-electron chi connectivity index (χ4n) is 1.68. The Balaban J connectivity index is 1.74. The normalized spacial score (nSPS) is 17.0. The summed E-state index contributed by atoms with van der Waals surface area (Å²) in [6.07, 6.45) is 3.25. The molecule has 0 N–H and O–H groups in total. The van der Waals surface area contributed by atoms with Crippen LogP contribution in [0.15, 0.2) is 30.3 Å². The van der Waals surface area contributed by atoms with E-state index in [1.807, 2.05) is 17.8 Å². The van der Waals surface area contributed by atoms with E-state index < -0.39 is 0 Å². The Morgan fingerprint density at radius 2 is 2.00 bits per heavy atom. The number of nitrogens with zero attached hydrogens (tertiary/aromatic N) is 1. The second-order valence-corrected chi connectivity index (χ2v) is 5.30. The van der Waals surface area contributed by atoms with Gasteiger partial charge in [0.1, 0.15) is 0 Å². The molecule has 1 fully saturated rings. The number of benzene rings is 1. The summed E-state index contributed by atoms with van der Waals surface area (Å²) in [5, 5.41) is 8.70. The molecule has 1 aliphatic carbocycles. The lowest BCUT2D eigenvalue weighted by molar-refractivity contribution is 0.604. The van der Waals surface area contributed by atoms with E-state index in [4.69, 9.17) is 5.26 Å². The number of hydrogen-bond donors (Lipinski definition) is 0. The Hall–Kier alpha value is -0.940. The molecule has 0 bridgehead atoms. The Kier molecular flexibility index (Phi) is 3.33. The molecule has 0 heterocycles. The smallest absolute Gasteiger partial charge is 0.0627 e. The summed E-state index contributed by atoms with van der Waals surface area (Å²) in [6.45, 7) is 0. The molecule has 0 aromatic heterocycles. The third kappa shape index (κ3) is 3.00. The van der Waals surface area contributed by atoms with Crippen LogP contribution in [0.5, 0.6) is 0 Å². The average molecular weight is 217 g/mol. The Labute approximate surface area is 95.5 Å². The molecule has 1 aliphatic rings. The van der Waals surface area contributed by atoms with Crippen LogP contribution in [0, 0.1) is 16.7 Å². The van der Waals surface area contributed by atoms with E-state index in [-0.39, 0.29) is 0 Å². The molecule has 2 heteroatoms. The van der Waals surface area contributed by atoms with Crippen molar-refractivity contribution in [3.8, 4) is 6.07 Å². The van der Waals surface area contributed by atoms with E-state index in [1.54, 1.807) is 0 Å². The first-order valence-corrected chi connectivity index (χ1v) is 6.49. The van der Waals surface area contributed by atoms with E-state index in [0.29, 0.717) is 5.41 Å². The second-order valence-electron chi connectivity index (χ2n) is 4.31. The molecule has 0 saturated heterocycles. The minimum Gasteiger partial charge on any atom is -0.198 e. The molecule has 78 valence electrons. The molecule has 0 aliphatic heterocycles. The summed E-state index contributed by atoms with van der Waals surface area (Å²) in [4.78, 5) is 0. The van der Waals surface area contributed by atoms with Gasteiger partial charge in [0.15, 0.2) is 0 Å². The quantitative estimate of drug-likeness (QED) is 0.752. The first kappa shape index (κ1) is 10.6. The zero-order valence-electron chi connectivity index (χ0n) is 8.78. The summed E-state index contributed by atoms with van der Waals surface area (Å²) >= 11 is 1.96. The highest BCUT2D eigenvalue weighted by Crippen LogP contribution is 2.51. The van der Waals surface area contributed by atoms with Crippen LogP contribution < -0.4 is 0 Å². The number of rotatable bonds is 5. The van der Waals surface area contributed by atoms with Crippen molar-refractivity contribution in [3.63, 3.8) is 0 Å². The highest BCUT2D eigenvalue weighted by molar-refractivity contribution is 7.98. The number of hydrogen-bond acceptors (Lipinski definition) is 2. The van der Waals surface area contributed by atoms with E-state index in [2.05, 4.69) is 30.3 Å². The SMILES string of the molecule is N#CCC1(CSCc2ccccc2)CC1. The summed E-state index contributed by atoms with van der Waals surface area (Å²) < 4.78 is 0. The Morgan fingerprint density at radius 1 is 1.27 bits per heavy atom. The molecule has 0 radical (unpaired) electrons. The molecule has 15 heavy (non-hydrogen) atoms. The molecule has 0 amide bonds. The van der Waals surface area contributed by atoms with E-state index in [1.165, 1.54) is 18.4 Å². The van der Waals surface area contributed by atoms with Gasteiger partial charge in [0.25, 0.3) is 0 Å². The molecule has 0 atom stereocenters. The maximum absolute atomic E-state index is 8.70. The summed E-state index contributed by atoms with van der Waals surface area (Å²) in [5.74, 6) is 2.23. The van der Waals surface area contributed by atoms with Crippen LogP contribution in [0.2, 0.25) is 0 Å². The molecule has 1 aromatic carbocycles. The van der Waals surface area contributed by atoms with E-state index in [9.17, 15) is 0 Å². The van der Waals surface area contributed by atoms with Crippen molar-refractivity contribution in [2.75, 3.05) is 5.75 Å². The van der Waals surface area contributed by atoms with E-state index in [0.717, 1.165) is 17.9 Å². The standard InChI is InChI=1S/C13H15NS/c14-9-8-13(6-7-13)11-15-10-12-4-2-1-3-5-12/h1-5H,6-8,10-11H2. The number of nitriles is 1. The van der Waals surface area contributed by atoms with Gasteiger partial charge in [-0.2, -0.15) is 17.0 Å². The van der Waals surface area contributed by atoms with Gasteiger partial charge < -0.3 is 0 Å². The molecule has 0 spiro atoms. The highest BCUT2D eigenvalue weighted by atomic mass is 32.2. The van der Waals surface area contributed by atoms with Crippen molar-refractivity contribution in [1.82, 2.24) is 0 Å². The zero-order chi connectivity index (χ0) is 10.6. The predicted octanol–water partition coefficient (Wildman–Crippen LogP) is 3.61. The second kappa shape index (κ2) is 4.72. The summed E-state index contributed by atoms with van der Waals surface area (Å²) in [7, 11) is 0. The lowest BCUT2D eigenvalue weighted by Crippen LogP contribution is -2.02. The largest absolute Gasteiger partial charge is 0.198 e. The summed E-state index contributed by atoms with van der Waals surface area (Å²) in [5.41, 5.74) is 1.77. The number of thioether (sulfide) groups is 1. The summed E-state index contributed by atoms with van der Waals surface area (Å²) in [6, 6.07) is 12.8.